The first-order chi connectivity index (χ1) is 15.7. The van der Waals surface area contributed by atoms with Crippen LogP contribution in [0.1, 0.15) is 19.4 Å². The van der Waals surface area contributed by atoms with Crippen molar-refractivity contribution in [3.05, 3.63) is 90.2 Å². The van der Waals surface area contributed by atoms with Crippen LogP contribution in [0.3, 0.4) is 0 Å². The summed E-state index contributed by atoms with van der Waals surface area (Å²) in [6, 6.07) is 19.0. The molecule has 33 heavy (non-hydrogen) atoms. The first-order valence-electron chi connectivity index (χ1n) is 10.2. The standard InChI is InChI=1S/C23H24FN3O4S2/c1-3-27(4-2)33(30,31)22-12-8-11-20(17-22)25-23(18-9-6-5-7-10-18)26-32(28,29)21-15-13-19(24)14-16-21/h5-17H,3-4H2,1-2H3,(H,25,26). The van der Waals surface area contributed by atoms with E-state index in [0.717, 1.165) is 24.3 Å². The molecule has 1 N–H and O–H groups in total. The van der Waals surface area contributed by atoms with E-state index in [2.05, 4.69) is 9.71 Å². The van der Waals surface area contributed by atoms with Crippen molar-refractivity contribution in [2.75, 3.05) is 18.4 Å². The van der Waals surface area contributed by atoms with Crippen LogP contribution in [0.2, 0.25) is 0 Å². The molecule has 3 aromatic rings. The minimum atomic E-state index is -4.17. The molecule has 0 heterocycles. The van der Waals surface area contributed by atoms with Gasteiger partial charge in [-0.25, -0.2) is 12.8 Å². The monoisotopic (exact) mass is 489 g/mol. The summed E-state index contributed by atoms with van der Waals surface area (Å²) in [4.78, 5) is -0.0954. The summed E-state index contributed by atoms with van der Waals surface area (Å²) < 4.78 is 70.0. The number of benzene rings is 3. The summed E-state index contributed by atoms with van der Waals surface area (Å²) >= 11 is 0. The fourth-order valence-corrected chi connectivity index (χ4v) is 5.59. The highest BCUT2D eigenvalue weighted by atomic mass is 32.2. The maximum atomic E-state index is 13.2. The Morgan fingerprint density at radius 1 is 0.848 bits per heavy atom. The molecule has 0 radical (unpaired) electrons. The topological polar surface area (TPSA) is 95.9 Å². The third kappa shape index (κ3) is 5.84. The highest BCUT2D eigenvalue weighted by Crippen LogP contribution is 2.21. The summed E-state index contributed by atoms with van der Waals surface area (Å²) in [5.41, 5.74) is 0.820. The lowest BCUT2D eigenvalue weighted by Gasteiger charge is -2.19. The minimum absolute atomic E-state index is 0.00249. The van der Waals surface area contributed by atoms with Crippen molar-refractivity contribution in [1.82, 2.24) is 4.31 Å². The Morgan fingerprint density at radius 2 is 1.48 bits per heavy atom. The van der Waals surface area contributed by atoms with Gasteiger partial charge in [-0.15, -0.1) is 4.40 Å². The van der Waals surface area contributed by atoms with Crippen molar-refractivity contribution in [2.24, 2.45) is 4.40 Å². The van der Waals surface area contributed by atoms with Crippen LogP contribution in [0.15, 0.2) is 93.1 Å². The van der Waals surface area contributed by atoms with Gasteiger partial charge in [-0.3, -0.25) is 0 Å². The molecule has 0 unspecified atom stereocenters. The van der Waals surface area contributed by atoms with Gasteiger partial charge in [0.15, 0.2) is 5.84 Å². The summed E-state index contributed by atoms with van der Waals surface area (Å²) in [5.74, 6) is -0.567. The molecule has 7 nitrogen and oxygen atoms in total. The number of halogens is 1. The van der Waals surface area contributed by atoms with Crippen LogP contribution >= 0.6 is 0 Å². The Bertz CT molecular complexity index is 1340. The molecule has 0 amide bonds. The van der Waals surface area contributed by atoms with Gasteiger partial charge in [0, 0.05) is 24.3 Å². The Balaban J connectivity index is 2.05. The zero-order chi connectivity index (χ0) is 24.1. The molecule has 0 atom stereocenters. The van der Waals surface area contributed by atoms with Gasteiger partial charge in [-0.1, -0.05) is 50.2 Å². The summed E-state index contributed by atoms with van der Waals surface area (Å²) in [6.45, 7) is 4.15. The number of nitrogens with one attached hydrogen (secondary N) is 1. The normalized spacial score (nSPS) is 12.7. The quantitative estimate of drug-likeness (QED) is 0.380. The molecule has 3 rings (SSSR count). The van der Waals surface area contributed by atoms with Crippen molar-refractivity contribution in [3.8, 4) is 0 Å². The van der Waals surface area contributed by atoms with E-state index in [4.69, 9.17) is 0 Å². The summed E-state index contributed by atoms with van der Waals surface area (Å²) in [7, 11) is -7.88. The van der Waals surface area contributed by atoms with Crippen LogP contribution in [0.25, 0.3) is 0 Å². The molecule has 3 aromatic carbocycles. The second-order valence-corrected chi connectivity index (χ2v) is 10.5. The highest BCUT2D eigenvalue weighted by Gasteiger charge is 2.22. The van der Waals surface area contributed by atoms with Crippen LogP contribution in [0.5, 0.6) is 0 Å². The summed E-state index contributed by atoms with van der Waals surface area (Å²) in [5, 5.41) is 2.93. The minimum Gasteiger partial charge on any atom is -0.339 e. The second kappa shape index (κ2) is 10.2. The molecule has 0 bridgehead atoms. The highest BCUT2D eigenvalue weighted by molar-refractivity contribution is 7.90. The average molecular weight is 490 g/mol. The SMILES string of the molecule is CCN(CC)S(=O)(=O)c1cccc(NC(=NS(=O)(=O)c2ccc(F)cc2)c2ccccc2)c1. The van der Waals surface area contributed by atoms with Gasteiger partial charge in [-0.05, 0) is 42.5 Å². The molecule has 0 aliphatic carbocycles. The Hall–Kier alpha value is -3.08. The number of rotatable bonds is 8. The number of hydrogen-bond donors (Lipinski definition) is 1. The van der Waals surface area contributed by atoms with Crippen LogP contribution < -0.4 is 5.32 Å². The Morgan fingerprint density at radius 3 is 2.09 bits per heavy atom. The zero-order valence-corrected chi connectivity index (χ0v) is 19.8. The largest absolute Gasteiger partial charge is 0.339 e. The fourth-order valence-electron chi connectivity index (χ4n) is 3.11. The van der Waals surface area contributed by atoms with Crippen molar-refractivity contribution in [3.63, 3.8) is 0 Å². The van der Waals surface area contributed by atoms with E-state index in [0.29, 0.717) is 24.3 Å². The van der Waals surface area contributed by atoms with Crippen molar-refractivity contribution >= 4 is 31.6 Å². The second-order valence-electron chi connectivity index (χ2n) is 6.98. The summed E-state index contributed by atoms with van der Waals surface area (Å²) in [6.07, 6.45) is 0. The van der Waals surface area contributed by atoms with Crippen LogP contribution in [-0.4, -0.2) is 40.1 Å². The van der Waals surface area contributed by atoms with E-state index in [1.165, 1.54) is 16.4 Å². The van der Waals surface area contributed by atoms with Crippen LogP contribution in [-0.2, 0) is 20.0 Å². The van der Waals surface area contributed by atoms with Crippen LogP contribution in [0, 0.1) is 5.82 Å². The predicted octanol–water partition coefficient (Wildman–Crippen LogP) is 4.10. The number of sulfonamides is 2. The van der Waals surface area contributed by atoms with Crippen LogP contribution in [0.4, 0.5) is 10.1 Å². The maximum absolute atomic E-state index is 13.2. The lowest BCUT2D eigenvalue weighted by Crippen LogP contribution is -2.30. The van der Waals surface area contributed by atoms with Crippen molar-refractivity contribution in [1.29, 1.82) is 0 Å². The van der Waals surface area contributed by atoms with E-state index in [-0.39, 0.29) is 15.6 Å². The van der Waals surface area contributed by atoms with E-state index >= 15 is 0 Å². The Labute approximate surface area is 193 Å². The Kier molecular flexibility index (Phi) is 7.62. The number of anilines is 1. The van der Waals surface area contributed by atoms with E-state index < -0.39 is 25.9 Å². The molecule has 10 heteroatoms. The average Bonchev–Trinajstić information content (AvgIpc) is 2.80. The smallest absolute Gasteiger partial charge is 0.284 e. The van der Waals surface area contributed by atoms with Gasteiger partial charge in [0.25, 0.3) is 10.0 Å². The fraction of sp³-hybridized carbons (Fsp3) is 0.174. The molecule has 0 aromatic heterocycles. The predicted molar refractivity (Wildman–Crippen MR) is 127 cm³/mol. The van der Waals surface area contributed by atoms with Gasteiger partial charge < -0.3 is 5.32 Å². The molecule has 174 valence electrons. The molecule has 0 spiro atoms. The first kappa shape index (κ1) is 24.6. The molecule has 0 aliphatic rings. The van der Waals surface area contributed by atoms with Crippen molar-refractivity contribution < 1.29 is 21.2 Å². The van der Waals surface area contributed by atoms with E-state index in [1.54, 1.807) is 56.3 Å². The first-order valence-corrected chi connectivity index (χ1v) is 13.1. The van der Waals surface area contributed by atoms with Gasteiger partial charge in [-0.2, -0.15) is 12.7 Å². The lowest BCUT2D eigenvalue weighted by molar-refractivity contribution is 0.445. The molecular weight excluding hydrogens is 465 g/mol. The lowest BCUT2D eigenvalue weighted by atomic mass is 10.2. The zero-order valence-electron chi connectivity index (χ0n) is 18.1. The third-order valence-electron chi connectivity index (χ3n) is 4.81. The third-order valence-corrected chi connectivity index (χ3v) is 8.15. The molecule has 0 fully saturated rings. The van der Waals surface area contributed by atoms with Gasteiger partial charge in [0.2, 0.25) is 10.0 Å². The number of amidine groups is 1. The van der Waals surface area contributed by atoms with E-state index in [9.17, 15) is 21.2 Å². The van der Waals surface area contributed by atoms with Crippen molar-refractivity contribution in [2.45, 2.75) is 23.6 Å². The molecule has 0 aliphatic heterocycles. The van der Waals surface area contributed by atoms with Gasteiger partial charge >= 0.3 is 0 Å². The molecular formula is C23H24FN3O4S2. The van der Waals surface area contributed by atoms with Gasteiger partial charge in [0.05, 0.1) is 9.79 Å². The molecule has 0 saturated carbocycles. The molecule has 0 saturated heterocycles. The maximum Gasteiger partial charge on any atom is 0.284 e. The number of hydrogen-bond acceptors (Lipinski definition) is 4. The van der Waals surface area contributed by atoms with Gasteiger partial charge in [0.1, 0.15) is 5.82 Å². The van der Waals surface area contributed by atoms with E-state index in [1.807, 2.05) is 0 Å². The number of nitrogens with zero attached hydrogens (tertiary/aromatic N) is 2.